The van der Waals surface area contributed by atoms with Gasteiger partial charge in [-0.25, -0.2) is 0 Å². The van der Waals surface area contributed by atoms with E-state index in [0.717, 1.165) is 12.4 Å². The number of nitrogens with zero attached hydrogens (tertiary/aromatic N) is 2. The van der Waals surface area contributed by atoms with Gasteiger partial charge < -0.3 is 9.84 Å². The lowest BCUT2D eigenvalue weighted by molar-refractivity contribution is 0.341. The molecule has 0 spiro atoms. The monoisotopic (exact) mass is 227 g/mol. The molecule has 1 aromatic heterocycles. The van der Waals surface area contributed by atoms with Crippen molar-refractivity contribution in [2.75, 3.05) is 12.8 Å². The van der Waals surface area contributed by atoms with Gasteiger partial charge in [0.1, 0.15) is 0 Å². The highest BCUT2D eigenvalue weighted by Crippen LogP contribution is 2.42. The fourth-order valence-corrected chi connectivity index (χ4v) is 2.78. The molecule has 0 bridgehead atoms. The highest BCUT2D eigenvalue weighted by molar-refractivity contribution is 8.00. The van der Waals surface area contributed by atoms with Crippen LogP contribution in [0.1, 0.15) is 31.0 Å². The van der Waals surface area contributed by atoms with E-state index in [1.807, 2.05) is 18.7 Å². The summed E-state index contributed by atoms with van der Waals surface area (Å²) >= 11 is 1.97. The summed E-state index contributed by atoms with van der Waals surface area (Å²) in [5.41, 5.74) is 0. The lowest BCUT2D eigenvalue weighted by atomic mass is 9.84. The summed E-state index contributed by atoms with van der Waals surface area (Å²) < 4.78 is 5.38. The van der Waals surface area contributed by atoms with Crippen LogP contribution in [0.25, 0.3) is 0 Å². The number of aromatic nitrogens is 2. The standard InChI is InChI=1S/C10H17N3OS/c1-8-12-9(13-14-8)6-11-7-10(15-2)4-3-5-10/h11H,3-7H2,1-2H3. The second kappa shape index (κ2) is 4.53. The molecule has 4 nitrogen and oxygen atoms in total. The molecule has 1 N–H and O–H groups in total. The van der Waals surface area contributed by atoms with Crippen LogP contribution >= 0.6 is 11.8 Å². The molecule has 0 aromatic carbocycles. The predicted octanol–water partition coefficient (Wildman–Crippen LogP) is 1.75. The van der Waals surface area contributed by atoms with Crippen molar-refractivity contribution in [1.29, 1.82) is 0 Å². The van der Waals surface area contributed by atoms with Crippen molar-refractivity contribution in [2.45, 2.75) is 37.5 Å². The van der Waals surface area contributed by atoms with E-state index in [-0.39, 0.29) is 0 Å². The van der Waals surface area contributed by atoms with Crippen LogP contribution in [0, 0.1) is 6.92 Å². The van der Waals surface area contributed by atoms with E-state index in [1.54, 1.807) is 0 Å². The molecular formula is C10H17N3OS. The molecular weight excluding hydrogens is 210 g/mol. The summed E-state index contributed by atoms with van der Waals surface area (Å²) in [5.74, 6) is 1.39. The summed E-state index contributed by atoms with van der Waals surface area (Å²) in [4.78, 5) is 4.15. The number of hydrogen-bond acceptors (Lipinski definition) is 5. The third-order valence-corrected chi connectivity index (χ3v) is 4.42. The number of nitrogens with one attached hydrogen (secondary N) is 1. The van der Waals surface area contributed by atoms with Gasteiger partial charge >= 0.3 is 0 Å². The molecule has 0 radical (unpaired) electrons. The van der Waals surface area contributed by atoms with Crippen molar-refractivity contribution in [3.63, 3.8) is 0 Å². The zero-order chi connectivity index (χ0) is 10.7. The van der Waals surface area contributed by atoms with Crippen molar-refractivity contribution >= 4 is 11.8 Å². The quantitative estimate of drug-likeness (QED) is 0.830. The highest BCUT2D eigenvalue weighted by atomic mass is 32.2. The first-order valence-corrected chi connectivity index (χ1v) is 6.52. The van der Waals surface area contributed by atoms with Gasteiger partial charge in [0.15, 0.2) is 5.82 Å². The Balaban J connectivity index is 1.74. The third-order valence-electron chi connectivity index (χ3n) is 3.00. The average Bonchev–Trinajstić information content (AvgIpc) is 2.56. The lowest BCUT2D eigenvalue weighted by Crippen LogP contribution is -2.43. The van der Waals surface area contributed by atoms with Gasteiger partial charge in [0.2, 0.25) is 5.89 Å². The molecule has 84 valence electrons. The van der Waals surface area contributed by atoms with Crippen LogP contribution < -0.4 is 5.32 Å². The topological polar surface area (TPSA) is 51.0 Å². The minimum atomic E-state index is 0.471. The molecule has 1 aromatic rings. The van der Waals surface area contributed by atoms with Gasteiger partial charge in [-0.1, -0.05) is 11.6 Å². The van der Waals surface area contributed by atoms with Crippen LogP contribution in [0.3, 0.4) is 0 Å². The van der Waals surface area contributed by atoms with E-state index < -0.39 is 0 Å². The Morgan fingerprint density at radius 3 is 2.80 bits per heavy atom. The maximum Gasteiger partial charge on any atom is 0.223 e. The van der Waals surface area contributed by atoms with E-state index in [1.165, 1.54) is 19.3 Å². The minimum absolute atomic E-state index is 0.471. The van der Waals surface area contributed by atoms with Gasteiger partial charge in [-0.2, -0.15) is 16.7 Å². The molecule has 1 heterocycles. The first kappa shape index (κ1) is 11.0. The van der Waals surface area contributed by atoms with E-state index in [2.05, 4.69) is 21.7 Å². The Morgan fingerprint density at radius 2 is 2.33 bits per heavy atom. The molecule has 15 heavy (non-hydrogen) atoms. The molecule has 1 saturated carbocycles. The van der Waals surface area contributed by atoms with Crippen molar-refractivity contribution in [3.05, 3.63) is 11.7 Å². The van der Waals surface area contributed by atoms with E-state index in [0.29, 0.717) is 17.2 Å². The molecule has 0 atom stereocenters. The number of hydrogen-bond donors (Lipinski definition) is 1. The molecule has 5 heteroatoms. The first-order chi connectivity index (χ1) is 7.24. The normalized spacial score (nSPS) is 18.8. The predicted molar refractivity (Wildman–Crippen MR) is 60.8 cm³/mol. The highest BCUT2D eigenvalue weighted by Gasteiger charge is 2.35. The Hall–Kier alpha value is -0.550. The second-order valence-electron chi connectivity index (χ2n) is 4.07. The molecule has 2 rings (SSSR count). The number of thioether (sulfide) groups is 1. The maximum absolute atomic E-state index is 4.91. The number of aryl methyl sites for hydroxylation is 1. The maximum atomic E-state index is 4.91. The Labute approximate surface area is 94.2 Å². The fourth-order valence-electron chi connectivity index (χ4n) is 1.84. The van der Waals surface area contributed by atoms with Crippen molar-refractivity contribution in [2.24, 2.45) is 0 Å². The summed E-state index contributed by atoms with van der Waals surface area (Å²) in [6, 6.07) is 0. The van der Waals surface area contributed by atoms with Crippen LogP contribution in [-0.4, -0.2) is 27.7 Å². The zero-order valence-corrected chi connectivity index (χ0v) is 10.1. The van der Waals surface area contributed by atoms with Crippen LogP contribution in [0.2, 0.25) is 0 Å². The van der Waals surface area contributed by atoms with Crippen molar-refractivity contribution < 1.29 is 4.52 Å². The van der Waals surface area contributed by atoms with E-state index in [4.69, 9.17) is 4.52 Å². The molecule has 0 saturated heterocycles. The molecule has 0 amide bonds. The van der Waals surface area contributed by atoms with Gasteiger partial charge in [-0.05, 0) is 19.1 Å². The largest absolute Gasteiger partial charge is 0.340 e. The zero-order valence-electron chi connectivity index (χ0n) is 9.25. The van der Waals surface area contributed by atoms with Crippen LogP contribution in [-0.2, 0) is 6.54 Å². The van der Waals surface area contributed by atoms with Crippen LogP contribution in [0.4, 0.5) is 0 Å². The van der Waals surface area contributed by atoms with Crippen LogP contribution in [0.5, 0.6) is 0 Å². The van der Waals surface area contributed by atoms with Crippen molar-refractivity contribution in [1.82, 2.24) is 15.5 Å². The van der Waals surface area contributed by atoms with Crippen LogP contribution in [0.15, 0.2) is 4.52 Å². The summed E-state index contributed by atoms with van der Waals surface area (Å²) in [6.45, 7) is 3.56. The second-order valence-corrected chi connectivity index (χ2v) is 5.35. The average molecular weight is 227 g/mol. The van der Waals surface area contributed by atoms with E-state index in [9.17, 15) is 0 Å². The van der Waals surface area contributed by atoms with Gasteiger partial charge in [0.05, 0.1) is 6.54 Å². The molecule has 1 fully saturated rings. The molecule has 1 aliphatic carbocycles. The third kappa shape index (κ3) is 2.52. The Bertz CT molecular complexity index is 317. The Morgan fingerprint density at radius 1 is 1.53 bits per heavy atom. The SMILES string of the molecule is CSC1(CNCc2noc(C)n2)CCC1. The number of rotatable bonds is 5. The fraction of sp³-hybridized carbons (Fsp3) is 0.800. The van der Waals surface area contributed by atoms with Gasteiger partial charge in [0, 0.05) is 18.2 Å². The molecule has 0 unspecified atom stereocenters. The molecule has 0 aliphatic heterocycles. The summed E-state index contributed by atoms with van der Waals surface area (Å²) in [6.07, 6.45) is 6.21. The van der Waals surface area contributed by atoms with Crippen molar-refractivity contribution in [3.8, 4) is 0 Å². The smallest absolute Gasteiger partial charge is 0.223 e. The van der Waals surface area contributed by atoms with Gasteiger partial charge in [0.25, 0.3) is 0 Å². The Kier molecular flexibility index (Phi) is 3.31. The lowest BCUT2D eigenvalue weighted by Gasteiger charge is -2.40. The minimum Gasteiger partial charge on any atom is -0.340 e. The van der Waals surface area contributed by atoms with Gasteiger partial charge in [-0.15, -0.1) is 0 Å². The summed E-state index contributed by atoms with van der Waals surface area (Å²) in [5, 5.41) is 7.25. The van der Waals surface area contributed by atoms with E-state index >= 15 is 0 Å². The molecule has 1 aliphatic rings. The first-order valence-electron chi connectivity index (χ1n) is 5.29. The van der Waals surface area contributed by atoms with Gasteiger partial charge in [-0.3, -0.25) is 0 Å². The summed E-state index contributed by atoms with van der Waals surface area (Å²) in [7, 11) is 0.